The maximum absolute atomic E-state index is 12.1. The number of amides is 1. The number of rotatable bonds is 8. The summed E-state index contributed by atoms with van der Waals surface area (Å²) in [5, 5.41) is 17.2. The van der Waals surface area contributed by atoms with Crippen molar-refractivity contribution in [2.24, 2.45) is 0 Å². The molecule has 0 unspecified atom stereocenters. The third-order valence-electron chi connectivity index (χ3n) is 2.84. The molecule has 1 aromatic rings. The number of nitriles is 2. The molecule has 7 heteroatoms. The van der Waals surface area contributed by atoms with E-state index >= 15 is 0 Å². The number of nitrogens with zero attached hydrogens (tertiary/aromatic N) is 3. The highest BCUT2D eigenvalue weighted by Gasteiger charge is 2.14. The predicted octanol–water partition coefficient (Wildman–Crippen LogP) is 2.49. The van der Waals surface area contributed by atoms with Gasteiger partial charge < -0.3 is 9.64 Å². The van der Waals surface area contributed by atoms with Gasteiger partial charge in [-0.25, -0.2) is 0 Å². The van der Waals surface area contributed by atoms with Gasteiger partial charge in [-0.15, -0.1) is 0 Å². The fraction of sp³-hybridized carbons (Fsp3) is 0.400. The molecule has 0 spiro atoms. The number of hydrogen-bond acceptors (Lipinski definition) is 4. The van der Waals surface area contributed by atoms with Crippen LogP contribution in [0, 0.1) is 22.7 Å². The number of halogens is 2. The van der Waals surface area contributed by atoms with Crippen molar-refractivity contribution < 1.29 is 18.3 Å². The van der Waals surface area contributed by atoms with Crippen LogP contribution in [0.2, 0.25) is 0 Å². The molecule has 0 aliphatic rings. The minimum absolute atomic E-state index is 0.0250. The SMILES string of the molecule is N#CCCN(CCC#N)C(=O)Cc1ccc(OC(F)F)cc1. The quantitative estimate of drug-likeness (QED) is 0.739. The molecule has 0 aliphatic carbocycles. The molecule has 0 radical (unpaired) electrons. The standard InChI is InChI=1S/C15H15F2N3O2/c16-15(17)22-13-5-3-12(4-6-13)11-14(21)20(9-1-7-18)10-2-8-19/h3-6,15H,1-2,9-11H2. The summed E-state index contributed by atoms with van der Waals surface area (Å²) in [5.41, 5.74) is 0.644. The Morgan fingerprint density at radius 3 is 2.14 bits per heavy atom. The zero-order valence-electron chi connectivity index (χ0n) is 11.8. The minimum Gasteiger partial charge on any atom is -0.435 e. The Hall–Kier alpha value is -2.67. The Bertz CT molecular complexity index is 544. The molecule has 0 saturated heterocycles. The van der Waals surface area contributed by atoms with Crippen LogP contribution in [0.25, 0.3) is 0 Å². The number of hydrogen-bond donors (Lipinski definition) is 0. The van der Waals surface area contributed by atoms with Gasteiger partial charge in [0.2, 0.25) is 5.91 Å². The van der Waals surface area contributed by atoms with E-state index in [0.29, 0.717) is 5.56 Å². The topological polar surface area (TPSA) is 77.1 Å². The molecular weight excluding hydrogens is 292 g/mol. The predicted molar refractivity (Wildman–Crippen MR) is 73.8 cm³/mol. The highest BCUT2D eigenvalue weighted by Crippen LogP contribution is 2.15. The van der Waals surface area contributed by atoms with Crippen LogP contribution in [0.3, 0.4) is 0 Å². The van der Waals surface area contributed by atoms with Gasteiger partial charge in [-0.2, -0.15) is 19.3 Å². The summed E-state index contributed by atoms with van der Waals surface area (Å²) in [4.78, 5) is 13.6. The molecule has 0 aromatic heterocycles. The van der Waals surface area contributed by atoms with Gasteiger partial charge in [-0.05, 0) is 17.7 Å². The first-order chi connectivity index (χ1) is 10.6. The van der Waals surface area contributed by atoms with Crippen LogP contribution in [-0.4, -0.2) is 30.5 Å². The van der Waals surface area contributed by atoms with E-state index in [-0.39, 0.29) is 44.0 Å². The first-order valence-electron chi connectivity index (χ1n) is 6.62. The van der Waals surface area contributed by atoms with E-state index in [0.717, 1.165) is 0 Å². The molecule has 1 aromatic carbocycles. The molecule has 1 rings (SSSR count). The van der Waals surface area contributed by atoms with Crippen molar-refractivity contribution >= 4 is 5.91 Å². The number of carbonyl (C=O) groups excluding carboxylic acids is 1. The fourth-order valence-corrected chi connectivity index (χ4v) is 1.81. The molecule has 1 amide bonds. The van der Waals surface area contributed by atoms with Gasteiger partial charge in [-0.3, -0.25) is 4.79 Å². The zero-order valence-corrected chi connectivity index (χ0v) is 11.8. The highest BCUT2D eigenvalue weighted by molar-refractivity contribution is 5.78. The first-order valence-corrected chi connectivity index (χ1v) is 6.62. The zero-order chi connectivity index (χ0) is 16.4. The molecule has 0 saturated carbocycles. The van der Waals surface area contributed by atoms with Crippen LogP contribution in [0.1, 0.15) is 18.4 Å². The second kappa shape index (κ2) is 9.30. The van der Waals surface area contributed by atoms with Crippen molar-refractivity contribution in [2.75, 3.05) is 13.1 Å². The van der Waals surface area contributed by atoms with E-state index in [1.807, 2.05) is 12.1 Å². The molecule has 22 heavy (non-hydrogen) atoms. The lowest BCUT2D eigenvalue weighted by Gasteiger charge is -2.20. The molecule has 0 N–H and O–H groups in total. The molecule has 116 valence electrons. The molecule has 0 bridgehead atoms. The van der Waals surface area contributed by atoms with Crippen molar-refractivity contribution in [3.63, 3.8) is 0 Å². The minimum atomic E-state index is -2.89. The summed E-state index contributed by atoms with van der Waals surface area (Å²) in [6.07, 6.45) is 0.461. The van der Waals surface area contributed by atoms with E-state index in [9.17, 15) is 13.6 Å². The van der Waals surface area contributed by atoms with Gasteiger partial charge in [0, 0.05) is 13.1 Å². The first kappa shape index (κ1) is 17.4. The van der Waals surface area contributed by atoms with Gasteiger partial charge in [-0.1, -0.05) is 12.1 Å². The van der Waals surface area contributed by atoms with E-state index in [1.54, 1.807) is 0 Å². The average molecular weight is 307 g/mol. The maximum Gasteiger partial charge on any atom is 0.387 e. The second-order valence-electron chi connectivity index (χ2n) is 4.40. The maximum atomic E-state index is 12.1. The summed E-state index contributed by atoms with van der Waals surface area (Å²) in [6.45, 7) is -2.35. The van der Waals surface area contributed by atoms with Crippen LogP contribution >= 0.6 is 0 Å². The lowest BCUT2D eigenvalue weighted by atomic mass is 10.1. The number of carbonyl (C=O) groups is 1. The van der Waals surface area contributed by atoms with E-state index in [1.165, 1.54) is 29.2 Å². The third kappa shape index (κ3) is 6.19. The Labute approximate surface area is 127 Å². The summed E-state index contributed by atoms with van der Waals surface area (Å²) in [7, 11) is 0. The Balaban J connectivity index is 2.64. The van der Waals surface area contributed by atoms with Crippen LogP contribution in [0.5, 0.6) is 5.75 Å². The smallest absolute Gasteiger partial charge is 0.387 e. The van der Waals surface area contributed by atoms with Crippen LogP contribution in [0.15, 0.2) is 24.3 Å². The van der Waals surface area contributed by atoms with Gasteiger partial charge in [0.1, 0.15) is 5.75 Å². The average Bonchev–Trinajstić information content (AvgIpc) is 2.49. The Kier molecular flexibility index (Phi) is 7.35. The number of benzene rings is 1. The van der Waals surface area contributed by atoms with Crippen molar-refractivity contribution in [3.8, 4) is 17.9 Å². The van der Waals surface area contributed by atoms with E-state index < -0.39 is 6.61 Å². The van der Waals surface area contributed by atoms with Crippen molar-refractivity contribution in [1.29, 1.82) is 10.5 Å². The van der Waals surface area contributed by atoms with Gasteiger partial charge in [0.25, 0.3) is 0 Å². The van der Waals surface area contributed by atoms with Crippen molar-refractivity contribution in [3.05, 3.63) is 29.8 Å². The molecule has 0 fully saturated rings. The normalized spacial score (nSPS) is 9.86. The van der Waals surface area contributed by atoms with Crippen molar-refractivity contribution in [2.45, 2.75) is 25.9 Å². The molecular formula is C15H15F2N3O2. The summed E-state index contributed by atoms with van der Waals surface area (Å²) >= 11 is 0. The largest absolute Gasteiger partial charge is 0.435 e. The van der Waals surface area contributed by atoms with Crippen molar-refractivity contribution in [1.82, 2.24) is 4.90 Å². The summed E-state index contributed by atoms with van der Waals surface area (Å²) in [6, 6.07) is 9.70. The molecule has 0 atom stereocenters. The van der Waals surface area contributed by atoms with E-state index in [2.05, 4.69) is 4.74 Å². The molecule has 0 heterocycles. The molecule has 5 nitrogen and oxygen atoms in total. The van der Waals surface area contributed by atoms with Gasteiger partial charge in [0.05, 0.1) is 31.4 Å². The second-order valence-corrected chi connectivity index (χ2v) is 4.40. The van der Waals surface area contributed by atoms with Gasteiger partial charge >= 0.3 is 6.61 Å². The van der Waals surface area contributed by atoms with Crippen LogP contribution < -0.4 is 4.74 Å². The lowest BCUT2D eigenvalue weighted by Crippen LogP contribution is -2.33. The number of ether oxygens (including phenoxy) is 1. The third-order valence-corrected chi connectivity index (χ3v) is 2.84. The summed E-state index contributed by atoms with van der Waals surface area (Å²) in [5.74, 6) is -0.190. The molecule has 0 aliphatic heterocycles. The van der Waals surface area contributed by atoms with Crippen LogP contribution in [0.4, 0.5) is 8.78 Å². The monoisotopic (exact) mass is 307 g/mol. The summed E-state index contributed by atoms with van der Waals surface area (Å²) < 4.78 is 28.3. The van der Waals surface area contributed by atoms with Gasteiger partial charge in [0.15, 0.2) is 0 Å². The highest BCUT2D eigenvalue weighted by atomic mass is 19.3. The Morgan fingerprint density at radius 2 is 1.68 bits per heavy atom. The fourth-order valence-electron chi connectivity index (χ4n) is 1.81. The van der Waals surface area contributed by atoms with E-state index in [4.69, 9.17) is 10.5 Å². The lowest BCUT2D eigenvalue weighted by molar-refractivity contribution is -0.130. The van der Waals surface area contributed by atoms with Crippen LogP contribution in [-0.2, 0) is 11.2 Å². The Morgan fingerprint density at radius 1 is 1.14 bits per heavy atom. The number of alkyl halides is 2.